The summed E-state index contributed by atoms with van der Waals surface area (Å²) in [6, 6.07) is 4.50. The predicted molar refractivity (Wildman–Crippen MR) is 56.5 cm³/mol. The summed E-state index contributed by atoms with van der Waals surface area (Å²) in [6.07, 6.45) is 0. The molecule has 0 aliphatic rings. The van der Waals surface area contributed by atoms with E-state index in [2.05, 4.69) is 37.2 Å². The highest BCUT2D eigenvalue weighted by Crippen LogP contribution is 2.24. The molecule has 1 N–H and O–H groups in total. The minimum atomic E-state index is -0.455. The number of benzene rings is 1. The van der Waals surface area contributed by atoms with Crippen molar-refractivity contribution in [2.24, 2.45) is 0 Å². The Balaban J connectivity index is 2.93. The Morgan fingerprint density at radius 2 is 2.23 bits per heavy atom. The van der Waals surface area contributed by atoms with Gasteiger partial charge in [0, 0.05) is 4.47 Å². The van der Waals surface area contributed by atoms with E-state index >= 15 is 0 Å². The van der Waals surface area contributed by atoms with Gasteiger partial charge in [-0.25, -0.2) is 4.39 Å². The summed E-state index contributed by atoms with van der Waals surface area (Å²) in [4.78, 5) is 10.9. The van der Waals surface area contributed by atoms with Crippen LogP contribution in [0.25, 0.3) is 0 Å². The van der Waals surface area contributed by atoms with Gasteiger partial charge in [-0.1, -0.05) is 22.0 Å². The highest BCUT2D eigenvalue weighted by atomic mass is 79.9. The van der Waals surface area contributed by atoms with Crippen LogP contribution in [0, 0.1) is 5.82 Å². The maximum atomic E-state index is 13.1. The molecule has 5 heteroatoms. The van der Waals surface area contributed by atoms with Gasteiger partial charge in [0.15, 0.2) is 0 Å². The van der Waals surface area contributed by atoms with Crippen LogP contribution >= 0.6 is 31.9 Å². The number of hydrogen-bond donors (Lipinski definition) is 1. The van der Waals surface area contributed by atoms with Crippen LogP contribution in [0.1, 0.15) is 0 Å². The number of carbonyl (C=O) groups is 1. The summed E-state index contributed by atoms with van der Waals surface area (Å²) in [5.41, 5.74) is 0.173. The fourth-order valence-corrected chi connectivity index (χ4v) is 1.37. The molecule has 1 amide bonds. The number of rotatable bonds is 2. The zero-order valence-corrected chi connectivity index (χ0v) is 9.65. The van der Waals surface area contributed by atoms with E-state index in [4.69, 9.17) is 0 Å². The van der Waals surface area contributed by atoms with Gasteiger partial charge in [-0.05, 0) is 28.1 Å². The molecule has 0 heterocycles. The standard InChI is InChI=1S/C8H6Br2FNO/c9-4-7(13)12-8-5(10)2-1-3-6(8)11/h1-3H,4H2,(H,12,13). The van der Waals surface area contributed by atoms with Gasteiger partial charge in [-0.2, -0.15) is 0 Å². The summed E-state index contributed by atoms with van der Waals surface area (Å²) in [5.74, 6) is -0.741. The molecular formula is C8H6Br2FNO. The van der Waals surface area contributed by atoms with E-state index in [0.29, 0.717) is 4.47 Å². The highest BCUT2D eigenvalue weighted by molar-refractivity contribution is 9.10. The van der Waals surface area contributed by atoms with Crippen LogP contribution in [0.4, 0.5) is 10.1 Å². The van der Waals surface area contributed by atoms with E-state index in [1.165, 1.54) is 6.07 Å². The summed E-state index contributed by atoms with van der Waals surface area (Å²) in [5, 5.41) is 2.57. The largest absolute Gasteiger partial charge is 0.322 e. The van der Waals surface area contributed by atoms with Crippen molar-refractivity contribution in [1.82, 2.24) is 0 Å². The smallest absolute Gasteiger partial charge is 0.235 e. The first-order valence-electron chi connectivity index (χ1n) is 3.45. The van der Waals surface area contributed by atoms with Crippen LogP contribution in [0.3, 0.4) is 0 Å². The minimum Gasteiger partial charge on any atom is -0.322 e. The zero-order chi connectivity index (χ0) is 9.84. The van der Waals surface area contributed by atoms with E-state index < -0.39 is 5.82 Å². The summed E-state index contributed by atoms with van der Waals surface area (Å²) >= 11 is 6.11. The number of carbonyl (C=O) groups excluding carboxylic acids is 1. The summed E-state index contributed by atoms with van der Waals surface area (Å²) < 4.78 is 13.6. The Hall–Kier alpha value is -0.420. The third-order valence-electron chi connectivity index (χ3n) is 1.35. The van der Waals surface area contributed by atoms with Crippen LogP contribution in [0.5, 0.6) is 0 Å². The number of anilines is 1. The molecule has 1 aromatic carbocycles. The van der Waals surface area contributed by atoms with E-state index in [0.717, 1.165) is 0 Å². The Morgan fingerprint density at radius 1 is 1.54 bits per heavy atom. The topological polar surface area (TPSA) is 29.1 Å². The molecule has 0 aromatic heterocycles. The third kappa shape index (κ3) is 2.77. The Kier molecular flexibility index (Phi) is 3.87. The Labute approximate surface area is 91.8 Å². The second-order valence-corrected chi connectivity index (χ2v) is 3.69. The fourth-order valence-electron chi connectivity index (χ4n) is 0.790. The summed E-state index contributed by atoms with van der Waals surface area (Å²) in [7, 11) is 0. The number of hydrogen-bond acceptors (Lipinski definition) is 1. The number of alkyl halides is 1. The van der Waals surface area contributed by atoms with Gasteiger partial charge in [-0.3, -0.25) is 4.79 Å². The molecule has 0 atom stereocenters. The first-order chi connectivity index (χ1) is 6.15. The highest BCUT2D eigenvalue weighted by Gasteiger charge is 2.08. The van der Waals surface area contributed by atoms with Crippen molar-refractivity contribution in [1.29, 1.82) is 0 Å². The van der Waals surface area contributed by atoms with Crippen LogP contribution < -0.4 is 5.32 Å². The average Bonchev–Trinajstić information content (AvgIpc) is 2.11. The molecule has 70 valence electrons. The summed E-state index contributed by atoms with van der Waals surface area (Å²) in [6.45, 7) is 0. The van der Waals surface area contributed by atoms with Crippen molar-refractivity contribution >= 4 is 43.5 Å². The van der Waals surface area contributed by atoms with E-state index in [1.807, 2.05) is 0 Å². The number of amides is 1. The first-order valence-corrected chi connectivity index (χ1v) is 5.36. The van der Waals surface area contributed by atoms with Gasteiger partial charge in [0.25, 0.3) is 0 Å². The zero-order valence-electron chi connectivity index (χ0n) is 6.48. The van der Waals surface area contributed by atoms with E-state index in [9.17, 15) is 9.18 Å². The number of para-hydroxylation sites is 1. The molecule has 0 aliphatic carbocycles. The molecule has 0 bridgehead atoms. The maximum absolute atomic E-state index is 13.1. The lowest BCUT2D eigenvalue weighted by Gasteiger charge is -2.06. The van der Waals surface area contributed by atoms with Crippen LogP contribution in [-0.2, 0) is 4.79 Å². The van der Waals surface area contributed by atoms with Gasteiger partial charge < -0.3 is 5.32 Å². The SMILES string of the molecule is O=C(CBr)Nc1c(F)cccc1Br. The fraction of sp³-hybridized carbons (Fsp3) is 0.125. The van der Waals surface area contributed by atoms with Gasteiger partial charge >= 0.3 is 0 Å². The molecule has 1 rings (SSSR count). The third-order valence-corrected chi connectivity index (χ3v) is 2.52. The van der Waals surface area contributed by atoms with Crippen molar-refractivity contribution in [3.63, 3.8) is 0 Å². The monoisotopic (exact) mass is 309 g/mol. The molecule has 0 saturated carbocycles. The molecule has 0 aliphatic heterocycles. The van der Waals surface area contributed by atoms with Crippen LogP contribution in [0.15, 0.2) is 22.7 Å². The lowest BCUT2D eigenvalue weighted by Crippen LogP contribution is -2.13. The van der Waals surface area contributed by atoms with E-state index in [-0.39, 0.29) is 16.9 Å². The Bertz CT molecular complexity index is 310. The molecule has 1 aromatic rings. The van der Waals surface area contributed by atoms with Gasteiger partial charge in [-0.15, -0.1) is 0 Å². The van der Waals surface area contributed by atoms with Gasteiger partial charge in [0.05, 0.1) is 11.0 Å². The molecular weight excluding hydrogens is 305 g/mol. The van der Waals surface area contributed by atoms with Gasteiger partial charge in [0.2, 0.25) is 5.91 Å². The molecule has 0 unspecified atom stereocenters. The number of halogens is 3. The van der Waals surface area contributed by atoms with Crippen molar-refractivity contribution < 1.29 is 9.18 Å². The van der Waals surface area contributed by atoms with E-state index in [1.54, 1.807) is 12.1 Å². The molecule has 0 spiro atoms. The lowest BCUT2D eigenvalue weighted by molar-refractivity contribution is -0.113. The van der Waals surface area contributed by atoms with Crippen molar-refractivity contribution in [2.45, 2.75) is 0 Å². The maximum Gasteiger partial charge on any atom is 0.235 e. The molecule has 2 nitrogen and oxygen atoms in total. The molecule has 0 saturated heterocycles. The quantitative estimate of drug-likeness (QED) is 0.836. The van der Waals surface area contributed by atoms with Crippen LogP contribution in [0.2, 0.25) is 0 Å². The normalized spacial score (nSPS) is 9.77. The molecule has 13 heavy (non-hydrogen) atoms. The molecule has 0 radical (unpaired) electrons. The minimum absolute atomic E-state index is 0.147. The predicted octanol–water partition coefficient (Wildman–Crippen LogP) is 2.92. The van der Waals surface area contributed by atoms with Gasteiger partial charge in [0.1, 0.15) is 5.82 Å². The second kappa shape index (κ2) is 4.72. The van der Waals surface area contributed by atoms with Crippen molar-refractivity contribution in [3.8, 4) is 0 Å². The van der Waals surface area contributed by atoms with Crippen LogP contribution in [-0.4, -0.2) is 11.2 Å². The van der Waals surface area contributed by atoms with Crippen molar-refractivity contribution in [2.75, 3.05) is 10.6 Å². The van der Waals surface area contributed by atoms with Crippen molar-refractivity contribution in [3.05, 3.63) is 28.5 Å². The lowest BCUT2D eigenvalue weighted by atomic mass is 10.3. The Morgan fingerprint density at radius 3 is 2.77 bits per heavy atom. The molecule has 0 fully saturated rings. The number of nitrogens with one attached hydrogen (secondary N) is 1. The average molecular weight is 311 g/mol. The first kappa shape index (κ1) is 10.7. The second-order valence-electron chi connectivity index (χ2n) is 2.28.